The molecule has 0 aromatic rings. The summed E-state index contributed by atoms with van der Waals surface area (Å²) < 4.78 is 0.113. The van der Waals surface area contributed by atoms with E-state index >= 15 is 0 Å². The molecule has 0 saturated heterocycles. The van der Waals surface area contributed by atoms with Gasteiger partial charge in [-0.05, 0) is 12.2 Å². The fraction of sp³-hybridized carbons (Fsp3) is 0. The highest BCUT2D eigenvalue weighted by atomic mass is 32.2. The summed E-state index contributed by atoms with van der Waals surface area (Å²) >= 11 is 1.21. The van der Waals surface area contributed by atoms with Gasteiger partial charge in [0, 0.05) is 5.41 Å². The van der Waals surface area contributed by atoms with E-state index in [1.54, 1.807) is 17.7 Å². The van der Waals surface area contributed by atoms with E-state index in [9.17, 15) is 5.21 Å². The van der Waals surface area contributed by atoms with Crippen molar-refractivity contribution in [3.63, 3.8) is 0 Å². The Morgan fingerprint density at radius 1 is 1.43 bits per heavy atom. The van der Waals surface area contributed by atoms with Crippen LogP contribution in [0.5, 0.6) is 0 Å². The largest absolute Gasteiger partial charge is 0.616 e. The SMILES string of the molecule is [O-][NH+]1C=CC=CS1. The number of rotatable bonds is 0. The summed E-state index contributed by atoms with van der Waals surface area (Å²) in [5, 5.41) is 12.1. The fourth-order valence-corrected chi connectivity index (χ4v) is 0.786. The molecule has 1 aliphatic heterocycles. The summed E-state index contributed by atoms with van der Waals surface area (Å²) in [5.41, 5.74) is 0. The standard InChI is InChI=1S/C4H5NOS/c6-5-3-1-2-4-7-5/h1-5H. The Kier molecular flexibility index (Phi) is 1.51. The van der Waals surface area contributed by atoms with Crippen LogP contribution in [-0.4, -0.2) is 0 Å². The van der Waals surface area contributed by atoms with Gasteiger partial charge in [-0.25, -0.2) is 0 Å². The van der Waals surface area contributed by atoms with Crippen LogP contribution in [0.15, 0.2) is 23.8 Å². The van der Waals surface area contributed by atoms with Crippen molar-refractivity contribution < 1.29 is 4.47 Å². The summed E-state index contributed by atoms with van der Waals surface area (Å²) in [6, 6.07) is 0. The van der Waals surface area contributed by atoms with Crippen LogP contribution in [0.4, 0.5) is 0 Å². The van der Waals surface area contributed by atoms with Gasteiger partial charge >= 0.3 is 0 Å². The molecule has 1 rings (SSSR count). The lowest BCUT2D eigenvalue weighted by molar-refractivity contribution is -0.626. The highest BCUT2D eigenvalue weighted by molar-refractivity contribution is 7.96. The summed E-state index contributed by atoms with van der Waals surface area (Å²) in [7, 11) is 0. The van der Waals surface area contributed by atoms with Crippen molar-refractivity contribution >= 4 is 11.9 Å². The van der Waals surface area contributed by atoms with Crippen LogP contribution in [0.1, 0.15) is 0 Å². The zero-order valence-corrected chi connectivity index (χ0v) is 4.44. The quantitative estimate of drug-likeness (QED) is 0.357. The van der Waals surface area contributed by atoms with E-state index in [0.717, 1.165) is 0 Å². The molecule has 1 N–H and O–H groups in total. The predicted octanol–water partition coefficient (Wildman–Crippen LogP) is 0.0583. The first-order valence-electron chi connectivity index (χ1n) is 1.93. The molecular formula is C4H5NOS. The zero-order valence-electron chi connectivity index (χ0n) is 3.63. The van der Waals surface area contributed by atoms with Gasteiger partial charge in [-0.3, -0.25) is 4.47 Å². The molecule has 0 amide bonds. The van der Waals surface area contributed by atoms with Crippen molar-refractivity contribution in [1.29, 1.82) is 0 Å². The van der Waals surface area contributed by atoms with E-state index in [4.69, 9.17) is 0 Å². The average molecular weight is 115 g/mol. The number of nitrogens with one attached hydrogen (secondary N) is 1. The molecule has 1 aliphatic rings. The van der Waals surface area contributed by atoms with Crippen molar-refractivity contribution in [2.45, 2.75) is 0 Å². The molecule has 0 fully saturated rings. The van der Waals surface area contributed by atoms with Crippen molar-refractivity contribution in [3.05, 3.63) is 29.0 Å². The third-order valence-electron chi connectivity index (χ3n) is 0.606. The van der Waals surface area contributed by atoms with Crippen molar-refractivity contribution in [2.24, 2.45) is 0 Å². The van der Waals surface area contributed by atoms with E-state index in [-0.39, 0.29) is 4.47 Å². The van der Waals surface area contributed by atoms with Gasteiger partial charge in [0.15, 0.2) is 0 Å². The molecule has 0 bridgehead atoms. The summed E-state index contributed by atoms with van der Waals surface area (Å²) in [6.07, 6.45) is 5.12. The first-order valence-corrected chi connectivity index (χ1v) is 2.81. The lowest BCUT2D eigenvalue weighted by Gasteiger charge is -2.12. The summed E-state index contributed by atoms with van der Waals surface area (Å²) in [5.74, 6) is 0. The second kappa shape index (κ2) is 2.16. The number of hydrogen-bond donors (Lipinski definition) is 1. The Bertz CT molecular complexity index is 110. The molecule has 3 heteroatoms. The molecular weight excluding hydrogens is 110 g/mol. The van der Waals surface area contributed by atoms with Crippen LogP contribution in [0.2, 0.25) is 0 Å². The van der Waals surface area contributed by atoms with Gasteiger partial charge in [0.05, 0.1) is 0 Å². The number of allylic oxidation sites excluding steroid dienone is 2. The molecule has 2 nitrogen and oxygen atoms in total. The molecule has 7 heavy (non-hydrogen) atoms. The first-order chi connectivity index (χ1) is 3.39. The van der Waals surface area contributed by atoms with Crippen LogP contribution in [0, 0.1) is 5.21 Å². The number of hydroxylamine groups is 1. The predicted molar refractivity (Wildman–Crippen MR) is 30.2 cm³/mol. The van der Waals surface area contributed by atoms with Gasteiger partial charge < -0.3 is 5.21 Å². The minimum atomic E-state index is 0.113. The Labute approximate surface area is 46.2 Å². The minimum Gasteiger partial charge on any atom is -0.616 e. The molecule has 0 saturated carbocycles. The number of hydrogen-bond acceptors (Lipinski definition) is 2. The smallest absolute Gasteiger partial charge is 0.107 e. The van der Waals surface area contributed by atoms with Gasteiger partial charge in [-0.1, -0.05) is 0 Å². The molecule has 0 radical (unpaired) electrons. The Balaban J connectivity index is 2.49. The molecule has 0 aromatic heterocycles. The molecule has 0 aliphatic carbocycles. The maximum Gasteiger partial charge on any atom is 0.107 e. The molecule has 0 spiro atoms. The lowest BCUT2D eigenvalue weighted by Crippen LogP contribution is -2.94. The molecule has 0 aromatic carbocycles. The molecule has 1 unspecified atom stereocenters. The van der Waals surface area contributed by atoms with Crippen LogP contribution in [0.25, 0.3) is 0 Å². The van der Waals surface area contributed by atoms with E-state index < -0.39 is 0 Å². The summed E-state index contributed by atoms with van der Waals surface area (Å²) in [6.45, 7) is 0. The van der Waals surface area contributed by atoms with E-state index in [0.29, 0.717) is 0 Å². The topological polar surface area (TPSA) is 27.5 Å². The first kappa shape index (κ1) is 4.90. The van der Waals surface area contributed by atoms with E-state index in [1.807, 2.05) is 6.08 Å². The third-order valence-corrected chi connectivity index (χ3v) is 1.27. The minimum absolute atomic E-state index is 0.113. The molecule has 38 valence electrons. The van der Waals surface area contributed by atoms with Gasteiger partial charge in [0.25, 0.3) is 0 Å². The van der Waals surface area contributed by atoms with Gasteiger partial charge in [-0.15, -0.1) is 0 Å². The Morgan fingerprint density at radius 3 is 2.57 bits per heavy atom. The highest BCUT2D eigenvalue weighted by Gasteiger charge is 1.90. The van der Waals surface area contributed by atoms with E-state index in [1.165, 1.54) is 11.9 Å². The van der Waals surface area contributed by atoms with Gasteiger partial charge in [0.2, 0.25) is 0 Å². The average Bonchev–Trinajstić information content (AvgIpc) is 1.69. The van der Waals surface area contributed by atoms with Crippen LogP contribution >= 0.6 is 11.9 Å². The second-order valence-corrected chi connectivity index (χ2v) is 2.03. The highest BCUT2D eigenvalue weighted by Crippen LogP contribution is 1.92. The third kappa shape index (κ3) is 1.35. The van der Waals surface area contributed by atoms with Gasteiger partial charge in [0.1, 0.15) is 18.1 Å². The summed E-state index contributed by atoms with van der Waals surface area (Å²) in [4.78, 5) is 0. The maximum absolute atomic E-state index is 10.3. The second-order valence-electron chi connectivity index (χ2n) is 1.12. The van der Waals surface area contributed by atoms with Crippen LogP contribution in [0.3, 0.4) is 0 Å². The van der Waals surface area contributed by atoms with E-state index in [2.05, 4.69) is 0 Å². The van der Waals surface area contributed by atoms with Crippen molar-refractivity contribution in [1.82, 2.24) is 0 Å². The van der Waals surface area contributed by atoms with Crippen molar-refractivity contribution in [3.8, 4) is 0 Å². The van der Waals surface area contributed by atoms with Crippen LogP contribution in [-0.2, 0) is 0 Å². The fourth-order valence-electron chi connectivity index (χ4n) is 0.325. The Morgan fingerprint density at radius 2 is 2.29 bits per heavy atom. The van der Waals surface area contributed by atoms with Crippen molar-refractivity contribution in [2.75, 3.05) is 0 Å². The van der Waals surface area contributed by atoms with Gasteiger partial charge in [-0.2, -0.15) is 0 Å². The lowest BCUT2D eigenvalue weighted by atomic mass is 10.6. The Hall–Kier alpha value is -0.250. The van der Waals surface area contributed by atoms with Crippen LogP contribution < -0.4 is 4.47 Å². The normalized spacial score (nSPS) is 28.4. The maximum atomic E-state index is 10.3. The molecule has 1 heterocycles. The monoisotopic (exact) mass is 115 g/mol. The molecule has 1 atom stereocenters. The number of quaternary nitrogens is 1. The zero-order chi connectivity index (χ0) is 5.11.